The van der Waals surface area contributed by atoms with Crippen LogP contribution < -0.4 is 4.74 Å². The summed E-state index contributed by atoms with van der Waals surface area (Å²) in [6.07, 6.45) is 0. The minimum atomic E-state index is -0.340. The second kappa shape index (κ2) is 6.95. The number of halogens is 2. The van der Waals surface area contributed by atoms with E-state index in [1.807, 2.05) is 12.1 Å². The molecule has 1 atom stereocenters. The molecular formula is C18H20ClFO. The molecule has 3 heteroatoms. The van der Waals surface area contributed by atoms with Gasteiger partial charge in [-0.15, -0.1) is 0 Å². The molecule has 2 rings (SSSR count). The summed E-state index contributed by atoms with van der Waals surface area (Å²) in [5.41, 5.74) is 1.67. The van der Waals surface area contributed by atoms with Crippen LogP contribution in [0.4, 0.5) is 4.39 Å². The predicted molar refractivity (Wildman–Crippen MR) is 85.4 cm³/mol. The van der Waals surface area contributed by atoms with Gasteiger partial charge in [0.2, 0.25) is 0 Å². The van der Waals surface area contributed by atoms with Crippen LogP contribution in [0.1, 0.15) is 37.8 Å². The third-order valence-corrected chi connectivity index (χ3v) is 4.20. The van der Waals surface area contributed by atoms with Crippen molar-refractivity contribution in [1.29, 1.82) is 0 Å². The highest BCUT2D eigenvalue weighted by Crippen LogP contribution is 2.26. The number of benzene rings is 2. The monoisotopic (exact) mass is 306 g/mol. The average molecular weight is 307 g/mol. The molecule has 0 unspecified atom stereocenters. The summed E-state index contributed by atoms with van der Waals surface area (Å²) >= 11 is 5.98. The van der Waals surface area contributed by atoms with E-state index in [9.17, 15) is 4.39 Å². The third kappa shape index (κ3) is 3.98. The molecule has 0 aliphatic rings. The second-order valence-electron chi connectivity index (χ2n) is 5.59. The molecule has 0 fully saturated rings. The van der Waals surface area contributed by atoms with Gasteiger partial charge in [-0.05, 0) is 41.7 Å². The first-order valence-corrected chi connectivity index (χ1v) is 7.52. The molecule has 0 saturated carbocycles. The first-order valence-electron chi connectivity index (χ1n) is 7.14. The second-order valence-corrected chi connectivity index (χ2v) is 6.00. The lowest BCUT2D eigenvalue weighted by Gasteiger charge is -2.16. The number of ether oxygens (including phenoxy) is 1. The Labute approximate surface area is 130 Å². The first kappa shape index (κ1) is 15.8. The largest absolute Gasteiger partial charge is 0.489 e. The van der Waals surface area contributed by atoms with Crippen molar-refractivity contribution in [2.24, 2.45) is 5.92 Å². The Morgan fingerprint density at radius 1 is 1.05 bits per heavy atom. The molecule has 0 aromatic heterocycles. The van der Waals surface area contributed by atoms with Crippen molar-refractivity contribution in [2.45, 2.75) is 33.3 Å². The van der Waals surface area contributed by atoms with Crippen LogP contribution in [0.3, 0.4) is 0 Å². The van der Waals surface area contributed by atoms with E-state index in [-0.39, 0.29) is 12.4 Å². The van der Waals surface area contributed by atoms with Gasteiger partial charge in [-0.25, -0.2) is 4.39 Å². The number of hydrogen-bond acceptors (Lipinski definition) is 1. The zero-order valence-electron chi connectivity index (χ0n) is 12.6. The summed E-state index contributed by atoms with van der Waals surface area (Å²) in [5, 5.41) is 0.389. The van der Waals surface area contributed by atoms with Crippen molar-refractivity contribution in [3.05, 3.63) is 64.4 Å². The van der Waals surface area contributed by atoms with Gasteiger partial charge in [0.05, 0.1) is 5.02 Å². The Balaban J connectivity index is 2.04. The van der Waals surface area contributed by atoms with Crippen LogP contribution >= 0.6 is 11.6 Å². The molecule has 0 N–H and O–H groups in total. The molecule has 0 spiro atoms. The average Bonchev–Trinajstić information content (AvgIpc) is 2.46. The van der Waals surface area contributed by atoms with E-state index < -0.39 is 0 Å². The summed E-state index contributed by atoms with van der Waals surface area (Å²) in [7, 11) is 0. The van der Waals surface area contributed by atoms with Crippen LogP contribution in [0.5, 0.6) is 5.75 Å². The van der Waals surface area contributed by atoms with Gasteiger partial charge < -0.3 is 4.74 Å². The van der Waals surface area contributed by atoms with Crippen molar-refractivity contribution in [2.75, 3.05) is 0 Å². The smallest absolute Gasteiger partial charge is 0.131 e. The molecule has 0 saturated heterocycles. The Hall–Kier alpha value is -1.54. The SMILES string of the molecule is CC(C)[C@H](C)c1ccc(OCc2c(F)cccc2Cl)cc1. The van der Waals surface area contributed by atoms with E-state index in [1.54, 1.807) is 12.1 Å². The Bertz CT molecular complexity index is 572. The lowest BCUT2D eigenvalue weighted by atomic mass is 9.90. The topological polar surface area (TPSA) is 9.23 Å². The van der Waals surface area contributed by atoms with Crippen LogP contribution in [0.2, 0.25) is 5.02 Å². The molecule has 0 bridgehead atoms. The van der Waals surface area contributed by atoms with E-state index in [0.717, 1.165) is 0 Å². The van der Waals surface area contributed by atoms with Gasteiger partial charge in [0, 0.05) is 5.56 Å². The Morgan fingerprint density at radius 3 is 2.29 bits per heavy atom. The van der Waals surface area contributed by atoms with Crippen molar-refractivity contribution >= 4 is 11.6 Å². The fraction of sp³-hybridized carbons (Fsp3) is 0.333. The normalized spacial score (nSPS) is 12.5. The highest BCUT2D eigenvalue weighted by molar-refractivity contribution is 6.31. The highest BCUT2D eigenvalue weighted by atomic mass is 35.5. The summed E-state index contributed by atoms with van der Waals surface area (Å²) in [6.45, 7) is 6.74. The molecule has 0 radical (unpaired) electrons. The van der Waals surface area contributed by atoms with Crippen molar-refractivity contribution in [3.63, 3.8) is 0 Å². The van der Waals surface area contributed by atoms with E-state index >= 15 is 0 Å². The molecule has 0 aliphatic carbocycles. The predicted octanol–water partition coefficient (Wildman–Crippen LogP) is 5.82. The fourth-order valence-electron chi connectivity index (χ4n) is 2.08. The van der Waals surface area contributed by atoms with Gasteiger partial charge in [-0.2, -0.15) is 0 Å². The molecule has 0 aliphatic heterocycles. The number of hydrogen-bond donors (Lipinski definition) is 0. The van der Waals surface area contributed by atoms with E-state index in [2.05, 4.69) is 32.9 Å². The molecule has 21 heavy (non-hydrogen) atoms. The minimum Gasteiger partial charge on any atom is -0.489 e. The lowest BCUT2D eigenvalue weighted by Crippen LogP contribution is -2.02. The molecule has 112 valence electrons. The van der Waals surface area contributed by atoms with E-state index in [4.69, 9.17) is 16.3 Å². The maximum atomic E-state index is 13.6. The number of rotatable bonds is 5. The molecule has 0 amide bonds. The van der Waals surface area contributed by atoms with Gasteiger partial charge in [0.25, 0.3) is 0 Å². The maximum absolute atomic E-state index is 13.6. The lowest BCUT2D eigenvalue weighted by molar-refractivity contribution is 0.300. The Morgan fingerprint density at radius 2 is 1.71 bits per heavy atom. The van der Waals surface area contributed by atoms with Gasteiger partial charge in [-0.1, -0.05) is 50.6 Å². The maximum Gasteiger partial charge on any atom is 0.131 e. The zero-order valence-corrected chi connectivity index (χ0v) is 13.3. The van der Waals surface area contributed by atoms with Crippen LogP contribution in [0, 0.1) is 11.7 Å². The summed E-state index contributed by atoms with van der Waals surface area (Å²) < 4.78 is 19.3. The fourth-order valence-corrected chi connectivity index (χ4v) is 2.30. The Kier molecular flexibility index (Phi) is 5.24. The highest BCUT2D eigenvalue weighted by Gasteiger charge is 2.10. The van der Waals surface area contributed by atoms with E-state index in [1.165, 1.54) is 11.6 Å². The summed E-state index contributed by atoms with van der Waals surface area (Å²) in [4.78, 5) is 0. The van der Waals surface area contributed by atoms with Crippen molar-refractivity contribution < 1.29 is 9.13 Å². The standard InChI is InChI=1S/C18H20ClFO/c1-12(2)13(3)14-7-9-15(10-8-14)21-11-16-17(19)5-4-6-18(16)20/h4-10,12-13H,11H2,1-3H3/t13-/m0/s1. The van der Waals surface area contributed by atoms with Crippen molar-refractivity contribution in [1.82, 2.24) is 0 Å². The molecule has 0 heterocycles. The zero-order chi connectivity index (χ0) is 15.4. The van der Waals surface area contributed by atoms with Crippen LogP contribution in [-0.4, -0.2) is 0 Å². The van der Waals surface area contributed by atoms with E-state index in [0.29, 0.717) is 28.2 Å². The minimum absolute atomic E-state index is 0.130. The molecule has 1 nitrogen and oxygen atoms in total. The third-order valence-electron chi connectivity index (χ3n) is 3.85. The quantitative estimate of drug-likeness (QED) is 0.676. The van der Waals surface area contributed by atoms with Gasteiger partial charge in [0.15, 0.2) is 0 Å². The summed E-state index contributed by atoms with van der Waals surface area (Å²) in [5.74, 6) is 1.47. The van der Waals surface area contributed by atoms with Crippen molar-refractivity contribution in [3.8, 4) is 5.75 Å². The van der Waals surface area contributed by atoms with Crippen LogP contribution in [-0.2, 0) is 6.61 Å². The molecular weight excluding hydrogens is 287 g/mol. The van der Waals surface area contributed by atoms with Gasteiger partial charge in [0.1, 0.15) is 18.2 Å². The molecule has 2 aromatic carbocycles. The first-order chi connectivity index (χ1) is 9.99. The van der Waals surface area contributed by atoms with Crippen LogP contribution in [0.25, 0.3) is 0 Å². The van der Waals surface area contributed by atoms with Crippen LogP contribution in [0.15, 0.2) is 42.5 Å². The molecule has 2 aromatic rings. The van der Waals surface area contributed by atoms with Gasteiger partial charge in [-0.3, -0.25) is 0 Å². The van der Waals surface area contributed by atoms with Gasteiger partial charge >= 0.3 is 0 Å². The summed E-state index contributed by atoms with van der Waals surface area (Å²) in [6, 6.07) is 12.6.